The number of carbonyl (C=O) groups is 2. The van der Waals surface area contributed by atoms with Gasteiger partial charge in [0.25, 0.3) is 5.91 Å². The van der Waals surface area contributed by atoms with Crippen molar-refractivity contribution in [2.75, 3.05) is 44.1 Å². The number of fused-ring (bicyclic) bond motifs is 2. The van der Waals surface area contributed by atoms with Crippen molar-refractivity contribution in [3.8, 4) is 5.88 Å². The van der Waals surface area contributed by atoms with Gasteiger partial charge >= 0.3 is 0 Å². The van der Waals surface area contributed by atoms with Gasteiger partial charge in [0, 0.05) is 40.2 Å². The summed E-state index contributed by atoms with van der Waals surface area (Å²) in [5.41, 5.74) is 2.13. The second-order valence-electron chi connectivity index (χ2n) is 8.09. The second-order valence-corrected chi connectivity index (χ2v) is 8.09. The van der Waals surface area contributed by atoms with Crippen LogP contribution in [0.15, 0.2) is 4.99 Å². The number of amides is 1. The molecule has 2 atom stereocenters. The normalized spacial score (nSPS) is 20.1. The number of piperazine rings is 1. The summed E-state index contributed by atoms with van der Waals surface area (Å²) in [6.07, 6.45) is 1.95. The lowest BCUT2D eigenvalue weighted by Gasteiger charge is -2.37. The van der Waals surface area contributed by atoms with Crippen LogP contribution in [0.5, 0.6) is 5.88 Å². The van der Waals surface area contributed by atoms with E-state index in [1.807, 2.05) is 18.5 Å². The maximum atomic E-state index is 12.8. The molecule has 11 heteroatoms. The lowest BCUT2D eigenvalue weighted by atomic mass is 9.98. The number of ether oxygens (including phenoxy) is 2. The molecule has 2 aromatic rings. The van der Waals surface area contributed by atoms with E-state index in [0.29, 0.717) is 28.0 Å². The molecule has 6 rings (SSSR count). The van der Waals surface area contributed by atoms with Gasteiger partial charge in [-0.05, 0) is 6.92 Å². The molecular weight excluding hydrogens is 414 g/mol. The number of ketones is 1. The molecule has 2 bridgehead atoms. The third kappa shape index (κ3) is 3.07. The molecule has 1 saturated heterocycles. The molecule has 168 valence electrons. The Labute approximate surface area is 184 Å². The van der Waals surface area contributed by atoms with Crippen LogP contribution in [0.4, 0.5) is 17.5 Å². The van der Waals surface area contributed by atoms with Crippen LogP contribution in [0.1, 0.15) is 29.4 Å². The SMILES string of the molecule is COc1nc(Nc2c3c(N4CCNC(C(C)OC)C4)n(C)c2C3=O)nc2c1=CCC(=O)N=2. The van der Waals surface area contributed by atoms with Crippen molar-refractivity contribution in [2.45, 2.75) is 25.5 Å². The predicted molar refractivity (Wildman–Crippen MR) is 116 cm³/mol. The number of nitrogens with zero attached hydrogens (tertiary/aromatic N) is 5. The molecular formula is C21H25N7O4. The zero-order valence-electron chi connectivity index (χ0n) is 18.4. The lowest BCUT2D eigenvalue weighted by Crippen LogP contribution is -2.55. The van der Waals surface area contributed by atoms with Gasteiger partial charge in [0.1, 0.15) is 11.5 Å². The van der Waals surface area contributed by atoms with E-state index in [9.17, 15) is 9.59 Å². The Bertz CT molecular complexity index is 1250. The Hall–Kier alpha value is -3.31. The van der Waals surface area contributed by atoms with E-state index in [1.54, 1.807) is 13.2 Å². The van der Waals surface area contributed by atoms with Crippen LogP contribution >= 0.6 is 0 Å². The van der Waals surface area contributed by atoms with Crippen molar-refractivity contribution in [3.05, 3.63) is 22.0 Å². The summed E-state index contributed by atoms with van der Waals surface area (Å²) in [5.74, 6) is 1.16. The molecule has 11 nitrogen and oxygen atoms in total. The number of hydrogen-bond acceptors (Lipinski definition) is 9. The second kappa shape index (κ2) is 7.68. The molecule has 0 radical (unpaired) electrons. The Morgan fingerprint density at radius 3 is 2.84 bits per heavy atom. The van der Waals surface area contributed by atoms with E-state index in [0.717, 1.165) is 25.5 Å². The largest absolute Gasteiger partial charge is 0.480 e. The van der Waals surface area contributed by atoms with Crippen LogP contribution in [0.2, 0.25) is 0 Å². The van der Waals surface area contributed by atoms with Crippen LogP contribution in [0, 0.1) is 0 Å². The number of methoxy groups -OCH3 is 2. The minimum atomic E-state index is -0.270. The van der Waals surface area contributed by atoms with Crippen molar-refractivity contribution >= 4 is 35.2 Å². The average Bonchev–Trinajstić information content (AvgIpc) is 3.24. The summed E-state index contributed by atoms with van der Waals surface area (Å²) < 4.78 is 12.8. The third-order valence-corrected chi connectivity index (χ3v) is 6.28. The first-order valence-electron chi connectivity index (χ1n) is 10.5. The lowest BCUT2D eigenvalue weighted by molar-refractivity contribution is -0.117. The van der Waals surface area contributed by atoms with E-state index in [-0.39, 0.29) is 41.7 Å². The van der Waals surface area contributed by atoms with E-state index in [2.05, 4.69) is 30.5 Å². The monoisotopic (exact) mass is 439 g/mol. The standard InChI is InChI=1S/C21H25N7O4/c1-10(31-3)12-9-28(8-7-22-12)20-14-15(16(17(14)30)27(20)2)24-21-25-18-11(19(26-21)32-4)5-6-13(29)23-18/h5,10,12,22H,6-9H2,1-4H3,(H,23,24,25,29). The fourth-order valence-corrected chi connectivity index (χ4v) is 4.53. The maximum Gasteiger partial charge on any atom is 0.251 e. The van der Waals surface area contributed by atoms with Gasteiger partial charge in [0.15, 0.2) is 5.49 Å². The number of carbonyl (C=O) groups excluding carboxylic acids is 2. The zero-order valence-corrected chi connectivity index (χ0v) is 18.4. The van der Waals surface area contributed by atoms with Gasteiger partial charge in [-0.1, -0.05) is 6.08 Å². The highest BCUT2D eigenvalue weighted by Gasteiger charge is 2.43. The fourth-order valence-electron chi connectivity index (χ4n) is 4.53. The molecule has 0 spiro atoms. The van der Waals surface area contributed by atoms with Crippen LogP contribution < -0.4 is 31.0 Å². The molecule has 2 N–H and O–H groups in total. The van der Waals surface area contributed by atoms with Crippen molar-refractivity contribution in [1.29, 1.82) is 0 Å². The van der Waals surface area contributed by atoms with E-state index in [4.69, 9.17) is 9.47 Å². The Morgan fingerprint density at radius 1 is 1.28 bits per heavy atom. The van der Waals surface area contributed by atoms with Crippen molar-refractivity contribution < 1.29 is 19.1 Å². The van der Waals surface area contributed by atoms with Crippen LogP contribution in [-0.2, 0) is 16.6 Å². The summed E-state index contributed by atoms with van der Waals surface area (Å²) in [4.78, 5) is 39.5. The first-order valence-corrected chi connectivity index (χ1v) is 10.5. The predicted octanol–water partition coefficient (Wildman–Crippen LogP) is -0.745. The molecule has 5 heterocycles. The number of hydrogen-bond donors (Lipinski definition) is 2. The first kappa shape index (κ1) is 20.6. The number of nitrogens with one attached hydrogen (secondary N) is 2. The Kier molecular flexibility index (Phi) is 4.94. The zero-order chi connectivity index (χ0) is 22.6. The highest BCUT2D eigenvalue weighted by molar-refractivity contribution is 6.29. The van der Waals surface area contributed by atoms with Gasteiger partial charge in [-0.3, -0.25) is 9.59 Å². The van der Waals surface area contributed by atoms with E-state index < -0.39 is 0 Å². The van der Waals surface area contributed by atoms with Gasteiger partial charge in [-0.15, -0.1) is 0 Å². The van der Waals surface area contributed by atoms with Crippen molar-refractivity contribution in [2.24, 2.45) is 12.0 Å². The third-order valence-electron chi connectivity index (χ3n) is 6.28. The van der Waals surface area contributed by atoms with Crippen molar-refractivity contribution in [3.63, 3.8) is 0 Å². The average molecular weight is 439 g/mol. The smallest absolute Gasteiger partial charge is 0.251 e. The Balaban J connectivity index is 1.49. The van der Waals surface area contributed by atoms with Gasteiger partial charge in [-0.25, -0.2) is 0 Å². The molecule has 32 heavy (non-hydrogen) atoms. The molecule has 1 aliphatic carbocycles. The quantitative estimate of drug-likeness (QED) is 0.511. The molecule has 3 aliphatic heterocycles. The number of rotatable bonds is 6. The maximum absolute atomic E-state index is 12.8. The van der Waals surface area contributed by atoms with Crippen LogP contribution in [0.3, 0.4) is 0 Å². The first-order chi connectivity index (χ1) is 15.4. The molecule has 1 amide bonds. The fraction of sp³-hybridized carbons (Fsp3) is 0.476. The van der Waals surface area contributed by atoms with Gasteiger partial charge < -0.3 is 29.6 Å². The van der Waals surface area contributed by atoms with Crippen molar-refractivity contribution in [1.82, 2.24) is 19.9 Å². The molecule has 2 unspecified atom stereocenters. The highest BCUT2D eigenvalue weighted by atomic mass is 16.5. The summed E-state index contributed by atoms with van der Waals surface area (Å²) >= 11 is 0. The van der Waals surface area contributed by atoms with Crippen LogP contribution in [0.25, 0.3) is 6.08 Å². The number of aromatic nitrogens is 3. The summed E-state index contributed by atoms with van der Waals surface area (Å²) in [6.45, 7) is 4.34. The molecule has 1 fully saturated rings. The van der Waals surface area contributed by atoms with Gasteiger partial charge in [0.05, 0.1) is 35.7 Å². The summed E-state index contributed by atoms with van der Waals surface area (Å²) in [7, 11) is 5.09. The topological polar surface area (TPSA) is 123 Å². The highest BCUT2D eigenvalue weighted by Crippen LogP contribution is 2.46. The summed E-state index contributed by atoms with van der Waals surface area (Å²) in [6, 6.07) is 0.160. The number of anilines is 3. The van der Waals surface area contributed by atoms with Gasteiger partial charge in [-0.2, -0.15) is 15.0 Å². The van der Waals surface area contributed by atoms with Gasteiger partial charge in [0.2, 0.25) is 17.6 Å². The Morgan fingerprint density at radius 2 is 2.09 bits per heavy atom. The molecule has 0 aromatic carbocycles. The van der Waals surface area contributed by atoms with Crippen LogP contribution in [-0.4, -0.2) is 72.2 Å². The summed E-state index contributed by atoms with van der Waals surface area (Å²) in [5, 5.41) is 7.23. The van der Waals surface area contributed by atoms with E-state index in [1.165, 1.54) is 7.11 Å². The molecule has 4 aliphatic rings. The molecule has 0 saturated carbocycles. The minimum absolute atomic E-state index is 0.00186. The van der Waals surface area contributed by atoms with E-state index >= 15 is 0 Å². The minimum Gasteiger partial charge on any atom is -0.480 e. The molecule has 2 aromatic heterocycles.